The third-order valence-electron chi connectivity index (χ3n) is 4.49. The van der Waals surface area contributed by atoms with Gasteiger partial charge in [-0.2, -0.15) is 0 Å². The Morgan fingerprint density at radius 1 is 0.774 bits per heavy atom. The molecule has 4 N–H and O–H groups in total. The highest BCUT2D eigenvalue weighted by molar-refractivity contribution is 6.31. The number of carboxylic acid groups (broad SMARTS) is 1. The highest BCUT2D eigenvalue weighted by Gasteiger charge is 2.08. The lowest BCUT2D eigenvalue weighted by Crippen LogP contribution is -2.31. The van der Waals surface area contributed by atoms with Crippen LogP contribution in [0.2, 0.25) is 0 Å². The molecule has 2 amide bonds. The Balaban J connectivity index is 3.27. The number of carbonyl (C=O) groups is 3. The average molecular weight is 444 g/mol. The average Bonchev–Trinajstić information content (AvgIpc) is 2.73. The molecule has 0 saturated heterocycles. The Labute approximate surface area is 186 Å². The molecule has 0 rings (SSSR count). The molecule has 0 aromatic heterocycles. The predicted octanol–water partition coefficient (Wildman–Crippen LogP) is 1.97. The van der Waals surface area contributed by atoms with Crippen LogP contribution in [0.25, 0.3) is 0 Å². The van der Waals surface area contributed by atoms with E-state index in [1.54, 1.807) is 0 Å². The molecule has 0 bridgehead atoms. The van der Waals surface area contributed by atoms with Crippen molar-refractivity contribution < 1.29 is 29.0 Å². The van der Waals surface area contributed by atoms with Gasteiger partial charge in [0, 0.05) is 25.3 Å². The Hall–Kier alpha value is -2.13. The first-order valence-electron chi connectivity index (χ1n) is 11.3. The lowest BCUT2D eigenvalue weighted by atomic mass is 10.1. The molecular weight excluding hydrogens is 402 g/mol. The monoisotopic (exact) mass is 443 g/mol. The molecule has 0 heterocycles. The van der Waals surface area contributed by atoms with Crippen LogP contribution >= 0.6 is 0 Å². The molecule has 0 radical (unpaired) electrons. The summed E-state index contributed by atoms with van der Waals surface area (Å²) in [5.74, 6) is -2.47. The molecule has 9 heteroatoms. The molecular formula is C22H41N3O6. The molecule has 0 atom stereocenters. The summed E-state index contributed by atoms with van der Waals surface area (Å²) in [5.41, 5.74) is 1.03. The zero-order valence-corrected chi connectivity index (χ0v) is 19.0. The smallest absolute Gasteiger partial charge is 0.394 e. The van der Waals surface area contributed by atoms with Crippen molar-refractivity contribution in [3.05, 3.63) is 12.3 Å². The van der Waals surface area contributed by atoms with Gasteiger partial charge in [-0.15, -0.1) is 0 Å². The third-order valence-corrected chi connectivity index (χ3v) is 4.49. The van der Waals surface area contributed by atoms with Crippen LogP contribution in [0.1, 0.15) is 64.7 Å². The highest BCUT2D eigenvalue weighted by atomic mass is 16.5. The molecule has 0 unspecified atom stereocenters. The first-order valence-corrected chi connectivity index (χ1v) is 11.3. The molecule has 0 aromatic carbocycles. The number of ether oxygens (including phenoxy) is 2. The lowest BCUT2D eigenvalue weighted by Gasteiger charge is -2.10. The molecule has 9 nitrogen and oxygen atoms in total. The molecule has 0 saturated carbocycles. The fourth-order valence-corrected chi connectivity index (χ4v) is 2.82. The van der Waals surface area contributed by atoms with E-state index in [9.17, 15) is 14.4 Å². The van der Waals surface area contributed by atoms with Crippen LogP contribution in [0.4, 0.5) is 0 Å². The van der Waals surface area contributed by atoms with Crippen LogP contribution in [-0.4, -0.2) is 69.0 Å². The van der Waals surface area contributed by atoms with Gasteiger partial charge in [0.15, 0.2) is 0 Å². The van der Waals surface area contributed by atoms with Crippen molar-refractivity contribution >= 4 is 17.8 Å². The number of hydrogen-bond acceptors (Lipinski definition) is 6. The van der Waals surface area contributed by atoms with Crippen molar-refractivity contribution in [3.8, 4) is 0 Å². The van der Waals surface area contributed by atoms with Crippen molar-refractivity contribution in [3.63, 3.8) is 0 Å². The number of amides is 2. The van der Waals surface area contributed by atoms with Gasteiger partial charge >= 0.3 is 11.9 Å². The van der Waals surface area contributed by atoms with Crippen molar-refractivity contribution in [2.24, 2.45) is 0 Å². The van der Waals surface area contributed by atoms with Crippen LogP contribution in [0, 0.1) is 0 Å². The van der Waals surface area contributed by atoms with Gasteiger partial charge in [-0.05, 0) is 26.2 Å². The fraction of sp³-hybridized carbons (Fsp3) is 0.773. The number of rotatable bonds is 21. The SMILES string of the molecule is C=C(CCCCCCCCCCNC(=O)C(=O)O)NCCOCCOCC(=O)NCC. The first-order chi connectivity index (χ1) is 15.0. The summed E-state index contributed by atoms with van der Waals surface area (Å²) < 4.78 is 10.6. The Bertz CT molecular complexity index is 513. The number of unbranched alkanes of at least 4 members (excludes halogenated alkanes) is 7. The van der Waals surface area contributed by atoms with E-state index in [0.29, 0.717) is 39.5 Å². The Morgan fingerprint density at radius 3 is 2.03 bits per heavy atom. The Kier molecular flexibility index (Phi) is 19.7. The molecule has 31 heavy (non-hydrogen) atoms. The van der Waals surface area contributed by atoms with E-state index in [4.69, 9.17) is 14.6 Å². The second-order valence-corrected chi connectivity index (χ2v) is 7.29. The first kappa shape index (κ1) is 28.9. The van der Waals surface area contributed by atoms with Gasteiger partial charge in [-0.3, -0.25) is 9.59 Å². The van der Waals surface area contributed by atoms with E-state index in [2.05, 4.69) is 22.5 Å². The van der Waals surface area contributed by atoms with E-state index < -0.39 is 11.9 Å². The summed E-state index contributed by atoms with van der Waals surface area (Å²) in [4.78, 5) is 32.3. The number of carbonyl (C=O) groups excluding carboxylic acids is 2. The number of likely N-dealkylation sites (N-methyl/N-ethyl adjacent to an activating group) is 1. The molecule has 0 aliphatic rings. The maximum atomic E-state index is 11.2. The van der Waals surface area contributed by atoms with E-state index in [-0.39, 0.29) is 12.5 Å². The number of hydrogen-bond donors (Lipinski definition) is 4. The fourth-order valence-electron chi connectivity index (χ4n) is 2.82. The summed E-state index contributed by atoms with van der Waals surface area (Å²) in [6.07, 6.45) is 9.72. The molecule has 0 aromatic rings. The van der Waals surface area contributed by atoms with Crippen molar-refractivity contribution in [2.75, 3.05) is 46.1 Å². The standard InChI is InChI=1S/C22H41N3O6/c1-3-23-20(26)18-31-17-16-30-15-14-24-19(2)12-10-8-6-4-5-7-9-11-13-25-21(27)22(28)29/h24H,2-18H2,1H3,(H,23,26)(H,25,27)(H,28,29). The number of nitrogens with one attached hydrogen (secondary N) is 3. The van der Waals surface area contributed by atoms with E-state index in [1.807, 2.05) is 6.92 Å². The van der Waals surface area contributed by atoms with Crippen LogP contribution in [0.3, 0.4) is 0 Å². The quantitative estimate of drug-likeness (QED) is 0.158. The lowest BCUT2D eigenvalue weighted by molar-refractivity contribution is -0.150. The molecule has 0 aliphatic carbocycles. The van der Waals surface area contributed by atoms with Gasteiger partial charge in [-0.1, -0.05) is 45.1 Å². The number of allylic oxidation sites excluding steroid dienone is 1. The van der Waals surface area contributed by atoms with Gasteiger partial charge in [0.1, 0.15) is 6.61 Å². The van der Waals surface area contributed by atoms with Crippen molar-refractivity contribution in [1.29, 1.82) is 0 Å². The maximum absolute atomic E-state index is 11.2. The summed E-state index contributed by atoms with van der Waals surface area (Å²) in [6.45, 7) is 9.15. The largest absolute Gasteiger partial charge is 0.474 e. The molecule has 180 valence electrons. The molecule has 0 aliphatic heterocycles. The summed E-state index contributed by atoms with van der Waals surface area (Å²) in [6, 6.07) is 0. The highest BCUT2D eigenvalue weighted by Crippen LogP contribution is 2.11. The van der Waals surface area contributed by atoms with Crippen LogP contribution in [0.15, 0.2) is 12.3 Å². The topological polar surface area (TPSA) is 126 Å². The van der Waals surface area contributed by atoms with Gasteiger partial charge in [0.25, 0.3) is 0 Å². The van der Waals surface area contributed by atoms with Crippen LogP contribution in [-0.2, 0) is 23.9 Å². The normalized spacial score (nSPS) is 10.5. The van der Waals surface area contributed by atoms with Gasteiger partial charge < -0.3 is 30.5 Å². The predicted molar refractivity (Wildman–Crippen MR) is 120 cm³/mol. The van der Waals surface area contributed by atoms with E-state index in [1.165, 1.54) is 19.3 Å². The zero-order chi connectivity index (χ0) is 23.2. The van der Waals surface area contributed by atoms with Crippen LogP contribution < -0.4 is 16.0 Å². The number of aliphatic carboxylic acids is 1. The van der Waals surface area contributed by atoms with Crippen molar-refractivity contribution in [1.82, 2.24) is 16.0 Å². The molecule has 0 fully saturated rings. The van der Waals surface area contributed by atoms with E-state index in [0.717, 1.165) is 44.2 Å². The zero-order valence-electron chi connectivity index (χ0n) is 19.0. The number of carboxylic acids is 1. The summed E-state index contributed by atoms with van der Waals surface area (Å²) >= 11 is 0. The van der Waals surface area contributed by atoms with Gasteiger partial charge in [0.2, 0.25) is 5.91 Å². The summed E-state index contributed by atoms with van der Waals surface area (Å²) in [5, 5.41) is 16.7. The van der Waals surface area contributed by atoms with Gasteiger partial charge in [0.05, 0.1) is 19.8 Å². The summed E-state index contributed by atoms with van der Waals surface area (Å²) in [7, 11) is 0. The van der Waals surface area contributed by atoms with E-state index >= 15 is 0 Å². The Morgan fingerprint density at radius 2 is 1.39 bits per heavy atom. The minimum Gasteiger partial charge on any atom is -0.474 e. The third kappa shape index (κ3) is 20.9. The molecule has 0 spiro atoms. The van der Waals surface area contributed by atoms with Crippen LogP contribution in [0.5, 0.6) is 0 Å². The second kappa shape index (κ2) is 21.1. The minimum absolute atomic E-state index is 0.0699. The van der Waals surface area contributed by atoms with Gasteiger partial charge in [-0.25, -0.2) is 4.79 Å². The second-order valence-electron chi connectivity index (χ2n) is 7.29. The van der Waals surface area contributed by atoms with Crippen molar-refractivity contribution in [2.45, 2.75) is 64.7 Å². The maximum Gasteiger partial charge on any atom is 0.394 e. The minimum atomic E-state index is -1.43.